The van der Waals surface area contributed by atoms with E-state index in [0.717, 1.165) is 0 Å². The van der Waals surface area contributed by atoms with Gasteiger partial charge in [-0.2, -0.15) is 0 Å². The monoisotopic (exact) mass is 313 g/mol. The fourth-order valence-corrected chi connectivity index (χ4v) is 3.19. The van der Waals surface area contributed by atoms with Crippen LogP contribution in [0.5, 0.6) is 0 Å². The zero-order chi connectivity index (χ0) is 16.4. The maximum atomic E-state index is 12.4. The maximum Gasteiger partial charge on any atom is 0.335 e. The van der Waals surface area contributed by atoms with Crippen molar-refractivity contribution in [3.63, 3.8) is 0 Å². The van der Waals surface area contributed by atoms with Gasteiger partial charge in [-0.1, -0.05) is 33.8 Å². The van der Waals surface area contributed by atoms with Crippen LogP contribution in [0, 0.1) is 18.3 Å². The van der Waals surface area contributed by atoms with Crippen molar-refractivity contribution in [3.8, 4) is 0 Å². The third-order valence-corrected chi connectivity index (χ3v) is 5.63. The lowest BCUT2D eigenvalue weighted by Crippen LogP contribution is -2.37. The van der Waals surface area contributed by atoms with Crippen LogP contribution in [0.15, 0.2) is 23.1 Å². The molecule has 118 valence electrons. The summed E-state index contributed by atoms with van der Waals surface area (Å²) in [5, 5.41) is 9.07. The Hall–Kier alpha value is -1.40. The van der Waals surface area contributed by atoms with E-state index < -0.39 is 16.0 Å². The molecule has 0 aliphatic carbocycles. The molecule has 0 radical (unpaired) electrons. The van der Waals surface area contributed by atoms with E-state index in [9.17, 15) is 13.2 Å². The second-order valence-corrected chi connectivity index (χ2v) is 7.94. The molecule has 0 aliphatic rings. The summed E-state index contributed by atoms with van der Waals surface area (Å²) in [6, 6.07) is 4.26. The topological polar surface area (TPSA) is 83.5 Å². The molecule has 0 spiro atoms. The molecule has 0 bridgehead atoms. The van der Waals surface area contributed by atoms with Gasteiger partial charge < -0.3 is 5.11 Å². The Morgan fingerprint density at radius 3 is 2.38 bits per heavy atom. The van der Waals surface area contributed by atoms with Crippen LogP contribution in [0.3, 0.4) is 0 Å². The quantitative estimate of drug-likeness (QED) is 0.845. The third kappa shape index (κ3) is 4.04. The van der Waals surface area contributed by atoms with E-state index >= 15 is 0 Å². The number of rotatable bonds is 6. The normalized spacial score (nSPS) is 12.7. The molecule has 2 N–H and O–H groups in total. The van der Waals surface area contributed by atoms with Crippen molar-refractivity contribution in [1.29, 1.82) is 0 Å². The third-order valence-electron chi connectivity index (χ3n) is 4.08. The van der Waals surface area contributed by atoms with Gasteiger partial charge in [0.2, 0.25) is 10.0 Å². The zero-order valence-electron chi connectivity index (χ0n) is 13.1. The lowest BCUT2D eigenvalue weighted by atomic mass is 9.81. The Bertz CT molecular complexity index is 633. The van der Waals surface area contributed by atoms with Crippen LogP contribution in [0.25, 0.3) is 0 Å². The number of nitrogens with one attached hydrogen (secondary N) is 1. The van der Waals surface area contributed by atoms with Crippen molar-refractivity contribution in [2.75, 3.05) is 6.54 Å². The second-order valence-electron chi connectivity index (χ2n) is 6.20. The molecular weight excluding hydrogens is 290 g/mol. The van der Waals surface area contributed by atoms with Crippen LogP contribution in [-0.2, 0) is 10.0 Å². The second kappa shape index (κ2) is 6.15. The number of aromatic carboxylic acids is 1. The van der Waals surface area contributed by atoms with Gasteiger partial charge in [-0.3, -0.25) is 0 Å². The maximum absolute atomic E-state index is 12.4. The van der Waals surface area contributed by atoms with E-state index in [1.54, 1.807) is 0 Å². The van der Waals surface area contributed by atoms with Gasteiger partial charge in [0, 0.05) is 6.54 Å². The molecule has 0 fully saturated rings. The minimum atomic E-state index is -3.73. The largest absolute Gasteiger partial charge is 0.478 e. The predicted octanol–water partition coefficient (Wildman–Crippen LogP) is 2.65. The zero-order valence-corrected chi connectivity index (χ0v) is 13.9. The number of carbonyl (C=O) groups is 1. The van der Waals surface area contributed by atoms with Crippen LogP contribution >= 0.6 is 0 Å². The minimum Gasteiger partial charge on any atom is -0.478 e. The molecule has 0 unspecified atom stereocenters. The first-order valence-electron chi connectivity index (χ1n) is 6.81. The summed E-state index contributed by atoms with van der Waals surface area (Å²) >= 11 is 0. The van der Waals surface area contributed by atoms with Gasteiger partial charge in [-0.25, -0.2) is 17.9 Å². The standard InChI is InChI=1S/C15H23NO4S/c1-10(2)15(4,5)9-16-21(19,20)13-8-6-7-12(11(13)3)14(17)18/h6-8,10,16H,9H2,1-5H3,(H,17,18). The van der Waals surface area contributed by atoms with E-state index in [-0.39, 0.29) is 21.4 Å². The van der Waals surface area contributed by atoms with E-state index in [2.05, 4.69) is 4.72 Å². The highest BCUT2D eigenvalue weighted by molar-refractivity contribution is 7.89. The van der Waals surface area contributed by atoms with Gasteiger partial charge in [-0.15, -0.1) is 0 Å². The summed E-state index contributed by atoms with van der Waals surface area (Å²) in [6.07, 6.45) is 0. The molecule has 1 aromatic carbocycles. The summed E-state index contributed by atoms with van der Waals surface area (Å²) in [4.78, 5) is 11.1. The number of carboxylic acids is 1. The number of hydrogen-bond acceptors (Lipinski definition) is 3. The Kier molecular flexibility index (Phi) is 5.17. The molecule has 0 amide bonds. The smallest absolute Gasteiger partial charge is 0.335 e. The number of benzene rings is 1. The summed E-state index contributed by atoms with van der Waals surface area (Å²) < 4.78 is 27.4. The fourth-order valence-electron chi connectivity index (χ4n) is 1.70. The summed E-state index contributed by atoms with van der Waals surface area (Å²) in [5.74, 6) is -0.821. The molecule has 0 aliphatic heterocycles. The number of sulfonamides is 1. The Morgan fingerprint density at radius 1 is 1.33 bits per heavy atom. The molecule has 0 atom stereocenters. The van der Waals surface area contributed by atoms with E-state index in [1.165, 1.54) is 25.1 Å². The first kappa shape index (κ1) is 17.7. The van der Waals surface area contributed by atoms with Crippen molar-refractivity contribution in [1.82, 2.24) is 4.72 Å². The molecule has 0 heterocycles. The molecule has 0 saturated carbocycles. The van der Waals surface area contributed by atoms with E-state index in [4.69, 9.17) is 5.11 Å². The van der Waals surface area contributed by atoms with Crippen LogP contribution in [-0.4, -0.2) is 26.0 Å². The Morgan fingerprint density at radius 2 is 1.90 bits per heavy atom. The fraction of sp³-hybridized carbons (Fsp3) is 0.533. The van der Waals surface area contributed by atoms with Gasteiger partial charge in [0.25, 0.3) is 0 Å². The summed E-state index contributed by atoms with van der Waals surface area (Å²) in [5.41, 5.74) is 0.0617. The molecular formula is C15H23NO4S. The van der Waals surface area contributed by atoms with Gasteiger partial charge in [-0.05, 0) is 36.0 Å². The van der Waals surface area contributed by atoms with Crippen molar-refractivity contribution >= 4 is 16.0 Å². The SMILES string of the molecule is Cc1c(C(=O)O)cccc1S(=O)(=O)NCC(C)(C)C(C)C. The summed E-state index contributed by atoms with van der Waals surface area (Å²) in [7, 11) is -3.73. The Labute approximate surface area is 126 Å². The highest BCUT2D eigenvalue weighted by Gasteiger charge is 2.27. The Balaban J connectivity index is 3.10. The molecule has 0 saturated heterocycles. The van der Waals surface area contributed by atoms with Crippen molar-refractivity contribution in [2.24, 2.45) is 11.3 Å². The van der Waals surface area contributed by atoms with Crippen molar-refractivity contribution in [2.45, 2.75) is 39.5 Å². The number of carboxylic acid groups (broad SMARTS) is 1. The molecule has 0 aromatic heterocycles. The first-order chi connectivity index (χ1) is 9.49. The number of hydrogen-bond donors (Lipinski definition) is 2. The van der Waals surface area contributed by atoms with Crippen LogP contribution in [0.2, 0.25) is 0 Å². The first-order valence-corrected chi connectivity index (χ1v) is 8.30. The molecule has 5 nitrogen and oxygen atoms in total. The van der Waals surface area contributed by atoms with Crippen LogP contribution in [0.4, 0.5) is 0 Å². The van der Waals surface area contributed by atoms with Gasteiger partial charge in [0.1, 0.15) is 0 Å². The molecule has 1 aromatic rings. The summed E-state index contributed by atoms with van der Waals surface area (Å²) in [6.45, 7) is 9.84. The van der Waals surface area contributed by atoms with Gasteiger partial charge in [0.05, 0.1) is 10.5 Å². The average Bonchev–Trinajstić information content (AvgIpc) is 2.36. The molecule has 1 rings (SSSR count). The van der Waals surface area contributed by atoms with E-state index in [0.29, 0.717) is 12.5 Å². The van der Waals surface area contributed by atoms with Crippen LogP contribution in [0.1, 0.15) is 43.6 Å². The van der Waals surface area contributed by atoms with Crippen LogP contribution < -0.4 is 4.72 Å². The predicted molar refractivity (Wildman–Crippen MR) is 81.9 cm³/mol. The van der Waals surface area contributed by atoms with Gasteiger partial charge >= 0.3 is 5.97 Å². The van der Waals surface area contributed by atoms with Crippen molar-refractivity contribution < 1.29 is 18.3 Å². The van der Waals surface area contributed by atoms with Crippen molar-refractivity contribution in [3.05, 3.63) is 29.3 Å². The highest BCUT2D eigenvalue weighted by atomic mass is 32.2. The lowest BCUT2D eigenvalue weighted by Gasteiger charge is -2.29. The molecule has 21 heavy (non-hydrogen) atoms. The minimum absolute atomic E-state index is 0.000921. The lowest BCUT2D eigenvalue weighted by molar-refractivity contribution is 0.0696. The molecule has 6 heteroatoms. The average molecular weight is 313 g/mol. The van der Waals surface area contributed by atoms with E-state index in [1.807, 2.05) is 27.7 Å². The highest BCUT2D eigenvalue weighted by Crippen LogP contribution is 2.26. The van der Waals surface area contributed by atoms with Gasteiger partial charge in [0.15, 0.2) is 0 Å².